The van der Waals surface area contributed by atoms with Gasteiger partial charge in [-0.2, -0.15) is 0 Å². The minimum atomic E-state index is 0.297. The lowest BCUT2D eigenvalue weighted by Gasteiger charge is -2.10. The normalized spacial score (nSPS) is 11.8. The zero-order chi connectivity index (χ0) is 18.1. The van der Waals surface area contributed by atoms with E-state index in [1.54, 1.807) is 24.4 Å². The van der Waals surface area contributed by atoms with Crippen molar-refractivity contribution in [3.05, 3.63) is 94.4 Å². The van der Waals surface area contributed by atoms with Crippen molar-refractivity contribution in [2.45, 2.75) is 0 Å². The molecule has 0 aliphatic rings. The smallest absolute Gasteiger partial charge is 0.136 e. The second-order valence-corrected chi connectivity index (χ2v) is 6.51. The van der Waals surface area contributed by atoms with Crippen LogP contribution in [0.1, 0.15) is 11.3 Å². The third kappa shape index (κ3) is 2.83. The molecule has 128 valence electrons. The van der Waals surface area contributed by atoms with Crippen molar-refractivity contribution < 1.29 is 5.21 Å². The molecular formula is C20H13Cl2N3O. The number of hydrogen-bond acceptors (Lipinski definition) is 3. The van der Waals surface area contributed by atoms with Gasteiger partial charge in [0.2, 0.25) is 0 Å². The molecule has 0 fully saturated rings. The molecule has 0 amide bonds. The van der Waals surface area contributed by atoms with Crippen molar-refractivity contribution >= 4 is 34.4 Å². The van der Waals surface area contributed by atoms with E-state index in [1.807, 2.05) is 53.1 Å². The van der Waals surface area contributed by atoms with E-state index in [2.05, 4.69) is 10.1 Å². The van der Waals surface area contributed by atoms with Gasteiger partial charge in [0.25, 0.3) is 0 Å². The topological polar surface area (TPSA) is 49.9 Å². The molecule has 6 heteroatoms. The summed E-state index contributed by atoms with van der Waals surface area (Å²) in [5, 5.41) is 14.0. The monoisotopic (exact) mass is 381 g/mol. The number of fused-ring (bicyclic) bond motifs is 1. The van der Waals surface area contributed by atoms with Gasteiger partial charge in [0.05, 0.1) is 33.1 Å². The summed E-state index contributed by atoms with van der Waals surface area (Å²) in [6, 6.07) is 18.8. The highest BCUT2D eigenvalue weighted by molar-refractivity contribution is 6.41. The van der Waals surface area contributed by atoms with E-state index >= 15 is 0 Å². The van der Waals surface area contributed by atoms with Crippen LogP contribution in [-0.2, 0) is 0 Å². The Hall–Kier alpha value is -2.82. The van der Waals surface area contributed by atoms with E-state index in [1.165, 1.54) is 0 Å². The minimum absolute atomic E-state index is 0.297. The van der Waals surface area contributed by atoms with E-state index in [9.17, 15) is 5.21 Å². The zero-order valence-electron chi connectivity index (χ0n) is 13.5. The van der Waals surface area contributed by atoms with Gasteiger partial charge >= 0.3 is 0 Å². The number of aromatic nitrogens is 2. The Kier molecular flexibility index (Phi) is 4.37. The Morgan fingerprint density at radius 2 is 1.65 bits per heavy atom. The summed E-state index contributed by atoms with van der Waals surface area (Å²) in [4.78, 5) is 4.51. The molecule has 4 aromatic rings. The van der Waals surface area contributed by atoms with Crippen LogP contribution in [-0.4, -0.2) is 20.3 Å². The van der Waals surface area contributed by atoms with Crippen molar-refractivity contribution in [1.82, 2.24) is 9.38 Å². The standard InChI is InChI=1S/C20H13Cl2N3O/c21-15-7-4-8-16(22)19(15)20(24-26)18-10-9-14-11-23-17(12-25(14)18)13-5-2-1-3-6-13/h1-12,26H/b24-20+. The average Bonchev–Trinajstić information content (AvgIpc) is 3.08. The second kappa shape index (κ2) is 6.83. The first-order valence-electron chi connectivity index (χ1n) is 7.88. The van der Waals surface area contributed by atoms with Gasteiger partial charge in [-0.3, -0.25) is 4.98 Å². The number of nitrogens with zero attached hydrogens (tertiary/aromatic N) is 3. The molecule has 4 rings (SSSR count). The summed E-state index contributed by atoms with van der Waals surface area (Å²) >= 11 is 12.6. The maximum Gasteiger partial charge on any atom is 0.136 e. The van der Waals surface area contributed by atoms with Gasteiger partial charge < -0.3 is 9.61 Å². The lowest BCUT2D eigenvalue weighted by Crippen LogP contribution is -2.09. The average molecular weight is 382 g/mol. The second-order valence-electron chi connectivity index (χ2n) is 5.70. The quantitative estimate of drug-likeness (QED) is 0.288. The molecule has 0 aliphatic heterocycles. The van der Waals surface area contributed by atoms with E-state index in [0.717, 1.165) is 16.8 Å². The molecular weight excluding hydrogens is 369 g/mol. The first kappa shape index (κ1) is 16.6. The molecule has 0 spiro atoms. The van der Waals surface area contributed by atoms with E-state index < -0.39 is 0 Å². The minimum Gasteiger partial charge on any atom is -0.410 e. The lowest BCUT2D eigenvalue weighted by molar-refractivity contribution is 0.319. The maximum absolute atomic E-state index is 9.69. The van der Waals surface area contributed by atoms with Crippen LogP contribution in [0, 0.1) is 0 Å². The van der Waals surface area contributed by atoms with Gasteiger partial charge in [0, 0.05) is 17.3 Å². The van der Waals surface area contributed by atoms with Crippen LogP contribution in [0.15, 0.2) is 78.2 Å². The highest BCUT2D eigenvalue weighted by atomic mass is 35.5. The van der Waals surface area contributed by atoms with Crippen molar-refractivity contribution in [2.24, 2.45) is 5.16 Å². The summed E-state index contributed by atoms with van der Waals surface area (Å²) in [6.45, 7) is 0. The number of oxime groups is 1. The fourth-order valence-corrected chi connectivity index (χ4v) is 3.49. The lowest BCUT2D eigenvalue weighted by atomic mass is 10.1. The number of halogens is 2. The number of benzene rings is 2. The Labute approximate surface area is 159 Å². The van der Waals surface area contributed by atoms with E-state index in [4.69, 9.17) is 23.2 Å². The molecule has 0 bridgehead atoms. The van der Waals surface area contributed by atoms with Crippen LogP contribution < -0.4 is 0 Å². The van der Waals surface area contributed by atoms with Crippen molar-refractivity contribution in [3.8, 4) is 11.3 Å². The molecule has 2 heterocycles. The zero-order valence-corrected chi connectivity index (χ0v) is 15.0. The summed E-state index contributed by atoms with van der Waals surface area (Å²) in [5.74, 6) is 0. The molecule has 2 aromatic heterocycles. The fourth-order valence-electron chi connectivity index (χ4n) is 2.91. The number of rotatable bonds is 3. The van der Waals surface area contributed by atoms with Crippen LogP contribution in [0.4, 0.5) is 0 Å². The highest BCUT2D eigenvalue weighted by Gasteiger charge is 2.19. The SMILES string of the molecule is O/N=C(/c1c(Cl)cccc1Cl)c1ccc2cnc(-c3ccccc3)cn12. The van der Waals surface area contributed by atoms with Crippen LogP contribution >= 0.6 is 23.2 Å². The predicted octanol–water partition coefficient (Wildman–Crippen LogP) is 5.53. The molecule has 0 saturated heterocycles. The van der Waals surface area contributed by atoms with Gasteiger partial charge in [-0.05, 0) is 24.3 Å². The Balaban J connectivity index is 1.91. The number of hydrogen-bond donors (Lipinski definition) is 1. The van der Waals surface area contributed by atoms with Gasteiger partial charge in [-0.15, -0.1) is 0 Å². The van der Waals surface area contributed by atoms with Gasteiger partial charge in [0.1, 0.15) is 5.71 Å². The Morgan fingerprint density at radius 1 is 0.923 bits per heavy atom. The summed E-state index contributed by atoms with van der Waals surface area (Å²) in [7, 11) is 0. The van der Waals surface area contributed by atoms with Crippen molar-refractivity contribution in [1.29, 1.82) is 0 Å². The van der Waals surface area contributed by atoms with Gasteiger partial charge in [-0.1, -0.05) is 64.8 Å². The molecule has 0 saturated carbocycles. The fraction of sp³-hybridized carbons (Fsp3) is 0. The summed E-state index contributed by atoms with van der Waals surface area (Å²) in [6.07, 6.45) is 3.67. The van der Waals surface area contributed by atoms with E-state index in [0.29, 0.717) is 27.0 Å². The molecule has 0 aliphatic carbocycles. The van der Waals surface area contributed by atoms with Crippen LogP contribution in [0.5, 0.6) is 0 Å². The third-order valence-electron chi connectivity index (χ3n) is 4.15. The molecule has 0 unspecified atom stereocenters. The Bertz CT molecular complexity index is 1100. The first-order chi connectivity index (χ1) is 12.7. The van der Waals surface area contributed by atoms with E-state index in [-0.39, 0.29) is 0 Å². The molecule has 26 heavy (non-hydrogen) atoms. The van der Waals surface area contributed by atoms with Gasteiger partial charge in [-0.25, -0.2) is 0 Å². The van der Waals surface area contributed by atoms with Crippen LogP contribution in [0.3, 0.4) is 0 Å². The Morgan fingerprint density at radius 3 is 2.35 bits per heavy atom. The predicted molar refractivity (Wildman–Crippen MR) is 105 cm³/mol. The molecule has 0 atom stereocenters. The van der Waals surface area contributed by atoms with Crippen molar-refractivity contribution in [3.63, 3.8) is 0 Å². The van der Waals surface area contributed by atoms with Crippen molar-refractivity contribution in [2.75, 3.05) is 0 Å². The molecule has 2 aromatic carbocycles. The molecule has 0 radical (unpaired) electrons. The van der Waals surface area contributed by atoms with Gasteiger partial charge in [0.15, 0.2) is 0 Å². The largest absolute Gasteiger partial charge is 0.410 e. The van der Waals surface area contributed by atoms with Crippen LogP contribution in [0.25, 0.3) is 16.8 Å². The highest BCUT2D eigenvalue weighted by Crippen LogP contribution is 2.28. The third-order valence-corrected chi connectivity index (χ3v) is 4.78. The van der Waals surface area contributed by atoms with Crippen LogP contribution in [0.2, 0.25) is 10.0 Å². The maximum atomic E-state index is 9.69. The summed E-state index contributed by atoms with van der Waals surface area (Å²) < 4.78 is 1.91. The molecule has 1 N–H and O–H groups in total. The summed E-state index contributed by atoms with van der Waals surface area (Å²) in [5.41, 5.74) is 4.11. The first-order valence-corrected chi connectivity index (χ1v) is 8.64. The molecule has 4 nitrogen and oxygen atoms in total.